The molecule has 0 heterocycles. The van der Waals surface area contributed by atoms with Crippen molar-refractivity contribution >= 4 is 11.9 Å². The van der Waals surface area contributed by atoms with Crippen LogP contribution in [0.25, 0.3) is 0 Å². The molecule has 0 aliphatic rings. The van der Waals surface area contributed by atoms with Gasteiger partial charge in [-0.2, -0.15) is 0 Å². The maximum absolute atomic E-state index is 10.7. The van der Waals surface area contributed by atoms with Crippen molar-refractivity contribution in [1.29, 1.82) is 0 Å². The topological polar surface area (TPSA) is 74.6 Å². The predicted molar refractivity (Wildman–Crippen MR) is 82.0 cm³/mol. The van der Waals surface area contributed by atoms with E-state index in [4.69, 9.17) is 10.2 Å². The third-order valence-electron chi connectivity index (χ3n) is 3.14. The van der Waals surface area contributed by atoms with Crippen LogP contribution in [-0.4, -0.2) is 22.2 Å². The smallest absolute Gasteiger partial charge is 0.306 e. The first kappa shape index (κ1) is 21.2. The van der Waals surface area contributed by atoms with Gasteiger partial charge in [0.15, 0.2) is 0 Å². The van der Waals surface area contributed by atoms with Crippen molar-refractivity contribution in [1.82, 2.24) is 0 Å². The zero-order chi connectivity index (χ0) is 15.8. The number of unbranched alkanes of at least 4 members (excludes halogenated alkanes) is 4. The highest BCUT2D eigenvalue weighted by molar-refractivity contribution is 5.69. The van der Waals surface area contributed by atoms with Crippen LogP contribution in [0.3, 0.4) is 0 Å². The molecule has 0 aromatic heterocycles. The molecule has 0 bridgehead atoms. The van der Waals surface area contributed by atoms with Crippen molar-refractivity contribution in [3.8, 4) is 0 Å². The van der Waals surface area contributed by atoms with E-state index in [1.807, 2.05) is 6.92 Å². The van der Waals surface area contributed by atoms with E-state index in [1.54, 1.807) is 0 Å². The van der Waals surface area contributed by atoms with Gasteiger partial charge in [0.25, 0.3) is 0 Å². The lowest BCUT2D eigenvalue weighted by molar-refractivity contribution is -0.142. The van der Waals surface area contributed by atoms with E-state index in [0.717, 1.165) is 51.4 Å². The fourth-order valence-corrected chi connectivity index (χ4v) is 1.91. The number of rotatable bonds is 11. The van der Waals surface area contributed by atoms with Crippen LogP contribution >= 0.6 is 0 Å². The number of aliphatic carboxylic acids is 2. The molecule has 0 aromatic rings. The minimum absolute atomic E-state index is 0.0958. The molecule has 0 radical (unpaired) electrons. The lowest BCUT2D eigenvalue weighted by Gasteiger charge is -2.09. The molecule has 20 heavy (non-hydrogen) atoms. The summed E-state index contributed by atoms with van der Waals surface area (Å²) in [5.41, 5.74) is 0. The monoisotopic (exact) mass is 288 g/mol. The third kappa shape index (κ3) is 16.9. The average molecular weight is 288 g/mol. The number of carbonyl (C=O) groups is 2. The van der Waals surface area contributed by atoms with Gasteiger partial charge in [0.1, 0.15) is 0 Å². The molecule has 120 valence electrons. The summed E-state index contributed by atoms with van der Waals surface area (Å²) in [7, 11) is 0. The molecule has 0 saturated heterocycles. The molecule has 0 amide bonds. The van der Waals surface area contributed by atoms with Crippen molar-refractivity contribution in [2.45, 2.75) is 85.0 Å². The van der Waals surface area contributed by atoms with Crippen molar-refractivity contribution in [3.63, 3.8) is 0 Å². The predicted octanol–water partition coefficient (Wildman–Crippen LogP) is 4.72. The molecule has 0 aliphatic heterocycles. The highest BCUT2D eigenvalue weighted by Gasteiger charge is 2.14. The summed E-state index contributed by atoms with van der Waals surface area (Å²) in [5, 5.41) is 16.9. The summed E-state index contributed by atoms with van der Waals surface area (Å²) in [4.78, 5) is 20.6. The molecule has 0 saturated carbocycles. The highest BCUT2D eigenvalue weighted by Crippen LogP contribution is 2.15. The second-order valence-electron chi connectivity index (χ2n) is 5.17. The van der Waals surface area contributed by atoms with E-state index in [1.165, 1.54) is 6.42 Å². The summed E-state index contributed by atoms with van der Waals surface area (Å²) in [5.74, 6) is -1.40. The standard InChI is InChI=1S/C10H20O2.C6H12O2/c1-3-5-6-8-9(7-4-2)10(11)12;1-2-3-4-5-6(7)8/h9H,3-8H2,1-2H3,(H,11,12);2-5H2,1H3,(H,7,8). The van der Waals surface area contributed by atoms with Crippen LogP contribution in [-0.2, 0) is 9.59 Å². The van der Waals surface area contributed by atoms with Gasteiger partial charge < -0.3 is 10.2 Å². The van der Waals surface area contributed by atoms with Crippen molar-refractivity contribution in [2.24, 2.45) is 5.92 Å². The van der Waals surface area contributed by atoms with E-state index in [9.17, 15) is 9.59 Å². The maximum atomic E-state index is 10.7. The maximum Gasteiger partial charge on any atom is 0.306 e. The minimum Gasteiger partial charge on any atom is -0.481 e. The Hall–Kier alpha value is -1.06. The Kier molecular flexibility index (Phi) is 17.0. The zero-order valence-corrected chi connectivity index (χ0v) is 13.4. The molecular formula is C16H32O4. The van der Waals surface area contributed by atoms with Gasteiger partial charge in [0, 0.05) is 6.42 Å². The number of hydrogen-bond donors (Lipinski definition) is 2. The van der Waals surface area contributed by atoms with Crippen LogP contribution < -0.4 is 0 Å². The summed E-state index contributed by atoms with van der Waals surface area (Å²) < 4.78 is 0. The van der Waals surface area contributed by atoms with Crippen LogP contribution in [0.2, 0.25) is 0 Å². The van der Waals surface area contributed by atoms with Crippen LogP contribution in [0, 0.1) is 5.92 Å². The Labute approximate surface area is 123 Å². The van der Waals surface area contributed by atoms with Gasteiger partial charge in [-0.15, -0.1) is 0 Å². The first-order chi connectivity index (χ1) is 9.49. The highest BCUT2D eigenvalue weighted by atomic mass is 16.4. The van der Waals surface area contributed by atoms with Crippen LogP contribution in [0.4, 0.5) is 0 Å². The normalized spacial score (nSPS) is 11.3. The fraction of sp³-hybridized carbons (Fsp3) is 0.875. The first-order valence-electron chi connectivity index (χ1n) is 7.94. The lowest BCUT2D eigenvalue weighted by atomic mass is 9.97. The van der Waals surface area contributed by atoms with Crippen LogP contribution in [0.5, 0.6) is 0 Å². The van der Waals surface area contributed by atoms with Crippen molar-refractivity contribution < 1.29 is 19.8 Å². The van der Waals surface area contributed by atoms with E-state index in [2.05, 4.69) is 13.8 Å². The third-order valence-corrected chi connectivity index (χ3v) is 3.14. The molecule has 4 heteroatoms. The van der Waals surface area contributed by atoms with Crippen molar-refractivity contribution in [3.05, 3.63) is 0 Å². The van der Waals surface area contributed by atoms with Gasteiger partial charge >= 0.3 is 11.9 Å². The van der Waals surface area contributed by atoms with E-state index < -0.39 is 11.9 Å². The molecule has 0 aromatic carbocycles. The summed E-state index contributed by atoms with van der Waals surface area (Å²) in [6, 6.07) is 0. The fourth-order valence-electron chi connectivity index (χ4n) is 1.91. The molecule has 2 N–H and O–H groups in total. The molecule has 1 unspecified atom stereocenters. The number of carboxylic acid groups (broad SMARTS) is 2. The minimum atomic E-state index is -0.682. The van der Waals surface area contributed by atoms with Crippen LogP contribution in [0.15, 0.2) is 0 Å². The molecule has 4 nitrogen and oxygen atoms in total. The number of carboxylic acids is 2. The molecule has 0 fully saturated rings. The number of hydrogen-bond acceptors (Lipinski definition) is 2. The molecule has 0 spiro atoms. The summed E-state index contributed by atoms with van der Waals surface area (Å²) in [6.07, 6.45) is 9.33. The first-order valence-corrected chi connectivity index (χ1v) is 7.94. The Morgan fingerprint density at radius 3 is 1.75 bits per heavy atom. The van der Waals surface area contributed by atoms with E-state index in [-0.39, 0.29) is 5.92 Å². The van der Waals surface area contributed by atoms with Gasteiger partial charge in [-0.3, -0.25) is 9.59 Å². The second kappa shape index (κ2) is 16.0. The Bertz CT molecular complexity index is 239. The Morgan fingerprint density at radius 2 is 1.35 bits per heavy atom. The average Bonchev–Trinajstić information content (AvgIpc) is 2.38. The quantitative estimate of drug-likeness (QED) is 0.539. The SMILES string of the molecule is CCCCCC(=O)O.CCCCCC(CCC)C(=O)O. The van der Waals surface area contributed by atoms with Gasteiger partial charge in [-0.05, 0) is 19.3 Å². The van der Waals surface area contributed by atoms with Gasteiger partial charge in [-0.25, -0.2) is 0 Å². The van der Waals surface area contributed by atoms with Gasteiger partial charge in [-0.1, -0.05) is 59.3 Å². The van der Waals surface area contributed by atoms with Crippen molar-refractivity contribution in [2.75, 3.05) is 0 Å². The zero-order valence-electron chi connectivity index (χ0n) is 13.4. The summed E-state index contributed by atoms with van der Waals surface area (Å²) in [6.45, 7) is 6.23. The molecule has 0 aliphatic carbocycles. The largest absolute Gasteiger partial charge is 0.481 e. The van der Waals surface area contributed by atoms with Crippen LogP contribution in [0.1, 0.15) is 85.0 Å². The second-order valence-corrected chi connectivity index (χ2v) is 5.17. The lowest BCUT2D eigenvalue weighted by Crippen LogP contribution is -2.13. The van der Waals surface area contributed by atoms with Gasteiger partial charge in [0.05, 0.1) is 5.92 Å². The Morgan fingerprint density at radius 1 is 0.800 bits per heavy atom. The Balaban J connectivity index is 0. The molecular weight excluding hydrogens is 256 g/mol. The van der Waals surface area contributed by atoms with Gasteiger partial charge in [0.2, 0.25) is 0 Å². The molecule has 0 rings (SSSR count). The molecule has 1 atom stereocenters. The van der Waals surface area contributed by atoms with E-state index in [0.29, 0.717) is 6.42 Å². The van der Waals surface area contributed by atoms with E-state index >= 15 is 0 Å². The summed E-state index contributed by atoms with van der Waals surface area (Å²) >= 11 is 0.